The van der Waals surface area contributed by atoms with Gasteiger partial charge in [0.05, 0.1) is 12.9 Å². The van der Waals surface area contributed by atoms with Gasteiger partial charge in [-0.2, -0.15) is 0 Å². The van der Waals surface area contributed by atoms with Crippen molar-refractivity contribution in [1.29, 1.82) is 0 Å². The highest BCUT2D eigenvalue weighted by atomic mass is 19.1. The Morgan fingerprint density at radius 3 is 1.97 bits per heavy atom. The van der Waals surface area contributed by atoms with Crippen molar-refractivity contribution in [1.82, 2.24) is 0 Å². The predicted molar refractivity (Wildman–Crippen MR) is 135 cm³/mol. The molecule has 1 aromatic rings. The Balaban J connectivity index is 1.28. The number of benzene rings is 1. The van der Waals surface area contributed by atoms with Gasteiger partial charge in [-0.25, -0.2) is 4.39 Å². The first-order chi connectivity index (χ1) is 15.8. The molecule has 0 N–H and O–H groups in total. The fraction of sp³-hybridized carbons (Fsp3) is 0.733. The highest BCUT2D eigenvalue weighted by Crippen LogP contribution is 2.40. The molecule has 0 aliphatic heterocycles. The number of unbranched alkanes of at least 4 members (excludes halogenated alkanes) is 3. The summed E-state index contributed by atoms with van der Waals surface area (Å²) in [6.07, 6.45) is 23.5. The Morgan fingerprint density at radius 2 is 1.38 bits per heavy atom. The van der Waals surface area contributed by atoms with Crippen LogP contribution >= 0.6 is 0 Å². The second-order valence-electron chi connectivity index (χ2n) is 10.6. The Labute approximate surface area is 197 Å². The van der Waals surface area contributed by atoms with Crippen LogP contribution in [-0.4, -0.2) is 6.61 Å². The van der Waals surface area contributed by atoms with Gasteiger partial charge in [0.15, 0.2) is 0 Å². The lowest BCUT2D eigenvalue weighted by Gasteiger charge is -2.32. The second kappa shape index (κ2) is 14.8. The zero-order valence-electron chi connectivity index (χ0n) is 20.6. The van der Waals surface area contributed by atoms with E-state index >= 15 is 0 Å². The molecule has 0 radical (unpaired) electrons. The SMILES string of the molecule is CCCCCCOc1ccc(C2CCC(CCC3CCC(CCC=CF)CC3)CC2)cc1. The first-order valence-corrected chi connectivity index (χ1v) is 13.8. The first kappa shape index (κ1) is 25.3. The van der Waals surface area contributed by atoms with Gasteiger partial charge < -0.3 is 4.74 Å². The third-order valence-electron chi connectivity index (χ3n) is 8.25. The van der Waals surface area contributed by atoms with Gasteiger partial charge in [-0.15, -0.1) is 0 Å². The van der Waals surface area contributed by atoms with Gasteiger partial charge in [0.1, 0.15) is 5.75 Å². The molecule has 32 heavy (non-hydrogen) atoms. The van der Waals surface area contributed by atoms with E-state index in [-0.39, 0.29) is 0 Å². The molecule has 0 bridgehead atoms. The minimum absolute atomic E-state index is 0.709. The molecule has 2 aliphatic rings. The minimum atomic E-state index is 0.709. The van der Waals surface area contributed by atoms with Gasteiger partial charge in [-0.3, -0.25) is 0 Å². The monoisotopic (exact) mass is 442 g/mol. The second-order valence-corrected chi connectivity index (χ2v) is 10.6. The summed E-state index contributed by atoms with van der Waals surface area (Å²) in [6.45, 7) is 3.10. The molecule has 3 rings (SSSR count). The summed E-state index contributed by atoms with van der Waals surface area (Å²) < 4.78 is 18.0. The number of rotatable bonds is 13. The molecule has 0 saturated heterocycles. The van der Waals surface area contributed by atoms with Crippen molar-refractivity contribution in [2.75, 3.05) is 6.61 Å². The summed E-state index contributed by atoms with van der Waals surface area (Å²) in [7, 11) is 0. The molecule has 2 aliphatic carbocycles. The van der Waals surface area contributed by atoms with Gasteiger partial charge >= 0.3 is 0 Å². The Kier molecular flexibility index (Phi) is 11.7. The summed E-state index contributed by atoms with van der Waals surface area (Å²) in [5.74, 6) is 4.53. The molecule has 0 heterocycles. The quantitative estimate of drug-likeness (QED) is 0.276. The van der Waals surface area contributed by atoms with Crippen molar-refractivity contribution in [3.8, 4) is 5.75 Å². The molecular formula is C30H47FO. The van der Waals surface area contributed by atoms with Crippen molar-refractivity contribution in [3.05, 3.63) is 42.2 Å². The van der Waals surface area contributed by atoms with E-state index < -0.39 is 0 Å². The lowest BCUT2D eigenvalue weighted by molar-refractivity contribution is 0.225. The lowest BCUT2D eigenvalue weighted by Crippen LogP contribution is -2.17. The number of allylic oxidation sites excluding steroid dienone is 1. The van der Waals surface area contributed by atoms with Crippen molar-refractivity contribution in [3.63, 3.8) is 0 Å². The van der Waals surface area contributed by atoms with Crippen LogP contribution in [0, 0.1) is 17.8 Å². The molecule has 0 aromatic heterocycles. The maximum absolute atomic E-state index is 12.1. The van der Waals surface area contributed by atoms with Crippen LogP contribution in [-0.2, 0) is 0 Å². The summed E-state index contributed by atoms with van der Waals surface area (Å²) in [6, 6.07) is 9.00. The topological polar surface area (TPSA) is 9.23 Å². The van der Waals surface area contributed by atoms with Crippen molar-refractivity contribution in [2.24, 2.45) is 17.8 Å². The molecule has 1 aromatic carbocycles. The van der Waals surface area contributed by atoms with Crippen LogP contribution in [0.25, 0.3) is 0 Å². The fourth-order valence-electron chi connectivity index (χ4n) is 6.01. The average Bonchev–Trinajstić information content (AvgIpc) is 2.84. The first-order valence-electron chi connectivity index (χ1n) is 13.8. The zero-order valence-corrected chi connectivity index (χ0v) is 20.6. The third kappa shape index (κ3) is 8.91. The van der Waals surface area contributed by atoms with E-state index in [2.05, 4.69) is 31.2 Å². The maximum atomic E-state index is 12.1. The Morgan fingerprint density at radius 1 is 0.781 bits per heavy atom. The molecule has 0 amide bonds. The summed E-state index contributed by atoms with van der Waals surface area (Å²) in [4.78, 5) is 0. The van der Waals surface area contributed by atoms with Crippen LogP contribution in [0.1, 0.15) is 121 Å². The molecule has 2 heteroatoms. The van der Waals surface area contributed by atoms with E-state index in [0.29, 0.717) is 6.33 Å². The predicted octanol–water partition coefficient (Wildman–Crippen LogP) is 9.77. The molecular weight excluding hydrogens is 395 g/mol. The van der Waals surface area contributed by atoms with Crippen LogP contribution in [0.4, 0.5) is 4.39 Å². The maximum Gasteiger partial charge on any atom is 0.119 e. The van der Waals surface area contributed by atoms with Crippen LogP contribution in [0.2, 0.25) is 0 Å². The molecule has 0 atom stereocenters. The largest absolute Gasteiger partial charge is 0.494 e. The molecule has 1 nitrogen and oxygen atoms in total. The third-order valence-corrected chi connectivity index (χ3v) is 8.25. The van der Waals surface area contributed by atoms with Crippen molar-refractivity contribution >= 4 is 0 Å². The summed E-state index contributed by atoms with van der Waals surface area (Å²) in [5.41, 5.74) is 1.52. The van der Waals surface area contributed by atoms with E-state index in [1.807, 2.05) is 0 Å². The Hall–Kier alpha value is -1.31. The minimum Gasteiger partial charge on any atom is -0.494 e. The highest BCUT2D eigenvalue weighted by Gasteiger charge is 2.25. The molecule has 2 saturated carbocycles. The molecule has 0 unspecified atom stereocenters. The standard InChI is InChI=1S/C30H47FO/c1-2-3-4-7-24-32-30-21-19-29(20-22-30)28-17-15-27(16-18-28)14-13-26-11-9-25(10-12-26)8-5-6-23-31/h6,19-23,25-28H,2-5,7-18,24H2,1H3. The van der Waals surface area contributed by atoms with Gasteiger partial charge in [-0.1, -0.05) is 82.9 Å². The number of halogens is 1. The van der Waals surface area contributed by atoms with Crippen LogP contribution in [0.5, 0.6) is 5.75 Å². The van der Waals surface area contributed by atoms with Gasteiger partial charge in [0, 0.05) is 0 Å². The van der Waals surface area contributed by atoms with Crippen molar-refractivity contribution < 1.29 is 9.13 Å². The smallest absolute Gasteiger partial charge is 0.119 e. The lowest BCUT2D eigenvalue weighted by atomic mass is 9.74. The summed E-state index contributed by atoms with van der Waals surface area (Å²) in [5, 5.41) is 0. The highest BCUT2D eigenvalue weighted by molar-refractivity contribution is 5.29. The molecule has 0 spiro atoms. The van der Waals surface area contributed by atoms with E-state index in [9.17, 15) is 4.39 Å². The Bertz CT molecular complexity index is 621. The summed E-state index contributed by atoms with van der Waals surface area (Å²) >= 11 is 0. The zero-order chi connectivity index (χ0) is 22.4. The van der Waals surface area contributed by atoms with E-state index in [0.717, 1.165) is 42.4 Å². The molecule has 180 valence electrons. The normalized spacial score (nSPS) is 26.4. The fourth-order valence-corrected chi connectivity index (χ4v) is 6.01. The molecule has 2 fully saturated rings. The number of hydrogen-bond donors (Lipinski definition) is 0. The van der Waals surface area contributed by atoms with Crippen LogP contribution in [0.3, 0.4) is 0 Å². The van der Waals surface area contributed by atoms with E-state index in [1.54, 1.807) is 6.08 Å². The van der Waals surface area contributed by atoms with Gasteiger partial charge in [0.25, 0.3) is 0 Å². The van der Waals surface area contributed by atoms with Crippen LogP contribution in [0.15, 0.2) is 36.7 Å². The van der Waals surface area contributed by atoms with E-state index in [4.69, 9.17) is 4.74 Å². The number of hydrogen-bond acceptors (Lipinski definition) is 1. The van der Waals surface area contributed by atoms with Gasteiger partial charge in [-0.05, 0) is 86.3 Å². The van der Waals surface area contributed by atoms with Gasteiger partial charge in [0.2, 0.25) is 0 Å². The number of ether oxygens (including phenoxy) is 1. The van der Waals surface area contributed by atoms with Crippen molar-refractivity contribution in [2.45, 2.75) is 116 Å². The average molecular weight is 443 g/mol. The van der Waals surface area contributed by atoms with E-state index in [1.165, 1.54) is 102 Å². The van der Waals surface area contributed by atoms with Crippen LogP contribution < -0.4 is 4.74 Å².